The zero-order valence-corrected chi connectivity index (χ0v) is 23.5. The minimum Gasteiger partial charge on any atom is -0.352 e. The van der Waals surface area contributed by atoms with Crippen molar-refractivity contribution in [3.8, 4) is 0 Å². The Kier molecular flexibility index (Phi) is 8.04. The highest BCUT2D eigenvalue weighted by Gasteiger charge is 2.33. The first-order chi connectivity index (χ1) is 19.6. The third kappa shape index (κ3) is 5.59. The van der Waals surface area contributed by atoms with Crippen molar-refractivity contribution in [1.82, 2.24) is 34.5 Å². The van der Waals surface area contributed by atoms with Gasteiger partial charge in [-0.15, -0.1) is 0 Å². The smallest absolute Gasteiger partial charge is 0.225 e. The van der Waals surface area contributed by atoms with Crippen molar-refractivity contribution < 1.29 is 9.59 Å². The predicted octanol–water partition coefficient (Wildman–Crippen LogP) is 3.56. The summed E-state index contributed by atoms with van der Waals surface area (Å²) >= 11 is 0. The second-order valence-electron chi connectivity index (χ2n) is 11.4. The normalized spacial score (nSPS) is 22.5. The Morgan fingerprint density at radius 2 is 1.70 bits per heavy atom. The van der Waals surface area contributed by atoms with Gasteiger partial charge in [-0.25, -0.2) is 19.6 Å². The average Bonchev–Trinajstić information content (AvgIpc) is 3.43. The maximum atomic E-state index is 13.4. The van der Waals surface area contributed by atoms with E-state index in [0.717, 1.165) is 61.3 Å². The van der Waals surface area contributed by atoms with Gasteiger partial charge in [0.05, 0.1) is 23.8 Å². The van der Waals surface area contributed by atoms with E-state index in [9.17, 15) is 9.59 Å². The molecule has 2 saturated heterocycles. The number of carbonyl (C=O) groups is 2. The molecule has 1 aliphatic carbocycles. The molecule has 2 aliphatic heterocycles. The number of hydrogen-bond acceptors (Lipinski definition) is 8. The summed E-state index contributed by atoms with van der Waals surface area (Å²) in [5.41, 5.74) is 1.98. The first kappa shape index (κ1) is 26.8. The van der Waals surface area contributed by atoms with Crippen LogP contribution in [0.3, 0.4) is 0 Å². The first-order valence-corrected chi connectivity index (χ1v) is 15.0. The van der Waals surface area contributed by atoms with Crippen LogP contribution in [0.4, 0.5) is 5.82 Å². The zero-order chi connectivity index (χ0) is 27.5. The van der Waals surface area contributed by atoms with E-state index in [1.54, 1.807) is 12.4 Å². The Bertz CT molecular complexity index is 1330. The van der Waals surface area contributed by atoms with E-state index in [4.69, 9.17) is 0 Å². The largest absolute Gasteiger partial charge is 0.352 e. The van der Waals surface area contributed by atoms with Crippen LogP contribution in [-0.4, -0.2) is 91.5 Å². The van der Waals surface area contributed by atoms with Gasteiger partial charge in [-0.1, -0.05) is 19.4 Å². The maximum absolute atomic E-state index is 13.4. The van der Waals surface area contributed by atoms with Crippen LogP contribution in [0.25, 0.3) is 11.0 Å². The van der Waals surface area contributed by atoms with Crippen LogP contribution in [-0.2, 0) is 11.3 Å². The summed E-state index contributed by atoms with van der Waals surface area (Å²) in [7, 11) is 0. The molecule has 0 aromatic carbocycles. The van der Waals surface area contributed by atoms with E-state index in [0.29, 0.717) is 43.7 Å². The summed E-state index contributed by atoms with van der Waals surface area (Å²) in [5.74, 6) is 1.40. The van der Waals surface area contributed by atoms with Crippen molar-refractivity contribution in [2.24, 2.45) is 5.92 Å². The minimum atomic E-state index is 0.0274. The quantitative estimate of drug-likeness (QED) is 0.417. The molecule has 0 radical (unpaired) electrons. The first-order valence-electron chi connectivity index (χ1n) is 15.0. The lowest BCUT2D eigenvalue weighted by Gasteiger charge is -2.41. The molecular weight excluding hydrogens is 504 g/mol. The van der Waals surface area contributed by atoms with Crippen molar-refractivity contribution >= 4 is 28.5 Å². The Morgan fingerprint density at radius 1 is 0.925 bits per heavy atom. The van der Waals surface area contributed by atoms with Crippen LogP contribution in [0.1, 0.15) is 74.5 Å². The number of hydrogen-bond donors (Lipinski definition) is 0. The van der Waals surface area contributed by atoms with Crippen LogP contribution in [0.2, 0.25) is 0 Å². The number of ketones is 1. The van der Waals surface area contributed by atoms with E-state index in [1.165, 1.54) is 32.4 Å². The number of likely N-dealkylation sites (tertiary alicyclic amines) is 1. The van der Waals surface area contributed by atoms with Crippen molar-refractivity contribution in [2.45, 2.75) is 70.9 Å². The van der Waals surface area contributed by atoms with Crippen LogP contribution in [0.5, 0.6) is 0 Å². The summed E-state index contributed by atoms with van der Waals surface area (Å²) in [6.45, 7) is 7.67. The molecule has 0 atom stereocenters. The molecule has 212 valence electrons. The fraction of sp³-hybridized carbons (Fsp3) is 0.600. The lowest BCUT2D eigenvalue weighted by molar-refractivity contribution is -0.137. The van der Waals surface area contributed by atoms with Crippen LogP contribution in [0.15, 0.2) is 30.7 Å². The van der Waals surface area contributed by atoms with E-state index in [1.807, 2.05) is 29.9 Å². The molecule has 3 aliphatic rings. The number of piperidine rings is 1. The third-order valence-electron chi connectivity index (χ3n) is 8.98. The van der Waals surface area contributed by atoms with Gasteiger partial charge in [0.1, 0.15) is 17.8 Å². The van der Waals surface area contributed by atoms with E-state index < -0.39 is 0 Å². The number of fused-ring (bicyclic) bond motifs is 1. The Labute approximate surface area is 235 Å². The Balaban J connectivity index is 1.07. The van der Waals surface area contributed by atoms with Gasteiger partial charge in [0.15, 0.2) is 11.4 Å². The van der Waals surface area contributed by atoms with Crippen molar-refractivity contribution in [2.75, 3.05) is 44.2 Å². The molecular formula is C30H40N8O2. The lowest BCUT2D eigenvalue weighted by Crippen LogP contribution is -2.51. The molecule has 0 N–H and O–H groups in total. The molecule has 3 fully saturated rings. The van der Waals surface area contributed by atoms with Crippen LogP contribution in [0, 0.1) is 5.92 Å². The summed E-state index contributed by atoms with van der Waals surface area (Å²) in [6.07, 6.45) is 12.2. The van der Waals surface area contributed by atoms with Crippen LogP contribution >= 0.6 is 0 Å². The second-order valence-corrected chi connectivity index (χ2v) is 11.4. The molecule has 6 rings (SSSR count). The van der Waals surface area contributed by atoms with Gasteiger partial charge < -0.3 is 14.7 Å². The molecule has 5 heterocycles. The van der Waals surface area contributed by atoms with Crippen molar-refractivity contribution in [3.05, 3.63) is 42.1 Å². The van der Waals surface area contributed by atoms with Gasteiger partial charge in [0, 0.05) is 44.6 Å². The molecule has 3 aromatic heterocycles. The molecule has 0 unspecified atom stereocenters. The van der Waals surface area contributed by atoms with Gasteiger partial charge in [-0.05, 0) is 63.7 Å². The highest BCUT2D eigenvalue weighted by atomic mass is 16.2. The minimum absolute atomic E-state index is 0.0274. The SMILES string of the molecule is CCC(=O)c1cccc(Cn2ncc3c(N4CCN(C(=O)[C@H]5CC[C@H](N6CCCCC6)CC5)CC4)ncnc32)n1. The molecule has 10 heteroatoms. The fourth-order valence-electron chi connectivity index (χ4n) is 6.67. The van der Waals surface area contributed by atoms with Crippen LogP contribution < -0.4 is 4.90 Å². The molecule has 3 aromatic rings. The Hall–Kier alpha value is -3.40. The topological polar surface area (TPSA) is 100 Å². The number of piperazine rings is 1. The van der Waals surface area contributed by atoms with Gasteiger partial charge >= 0.3 is 0 Å². The van der Waals surface area contributed by atoms with E-state index in [-0.39, 0.29) is 11.7 Å². The predicted molar refractivity (Wildman–Crippen MR) is 153 cm³/mol. The molecule has 10 nitrogen and oxygen atoms in total. The summed E-state index contributed by atoms with van der Waals surface area (Å²) in [6, 6.07) is 6.19. The third-order valence-corrected chi connectivity index (χ3v) is 8.98. The van der Waals surface area contributed by atoms with Gasteiger partial charge in [0.2, 0.25) is 5.91 Å². The highest BCUT2D eigenvalue weighted by molar-refractivity contribution is 5.94. The maximum Gasteiger partial charge on any atom is 0.225 e. The lowest BCUT2D eigenvalue weighted by atomic mass is 9.83. The van der Waals surface area contributed by atoms with Gasteiger partial charge in [-0.2, -0.15) is 5.10 Å². The molecule has 1 amide bonds. The number of rotatable bonds is 7. The zero-order valence-electron chi connectivity index (χ0n) is 23.5. The average molecular weight is 545 g/mol. The van der Waals surface area contributed by atoms with Crippen molar-refractivity contribution in [1.29, 1.82) is 0 Å². The van der Waals surface area contributed by atoms with E-state index >= 15 is 0 Å². The highest BCUT2D eigenvalue weighted by Crippen LogP contribution is 2.31. The standard InChI is InChI=1S/C30H40N8O2/c1-2-27(39)26-8-6-7-23(34-26)20-38-29-25(19-33-38)28(31-21-32-29)36-15-17-37(18-16-36)30(40)22-9-11-24(12-10-22)35-13-4-3-5-14-35/h6-8,19,21-22,24H,2-5,9-18,20H2,1H3/t22-,24-. The summed E-state index contributed by atoms with van der Waals surface area (Å²) in [4.78, 5) is 46.1. The number of aromatic nitrogens is 5. The van der Waals surface area contributed by atoms with Crippen molar-refractivity contribution in [3.63, 3.8) is 0 Å². The van der Waals surface area contributed by atoms with E-state index in [2.05, 4.69) is 34.8 Å². The molecule has 40 heavy (non-hydrogen) atoms. The summed E-state index contributed by atoms with van der Waals surface area (Å²) < 4.78 is 1.81. The second kappa shape index (κ2) is 12.0. The number of amides is 1. The van der Waals surface area contributed by atoms with Gasteiger partial charge in [-0.3, -0.25) is 9.59 Å². The number of anilines is 1. The number of pyridine rings is 1. The summed E-state index contributed by atoms with van der Waals surface area (Å²) in [5, 5.41) is 5.47. The number of nitrogens with zero attached hydrogens (tertiary/aromatic N) is 8. The molecule has 1 saturated carbocycles. The molecule has 0 spiro atoms. The van der Waals surface area contributed by atoms with Gasteiger partial charge in [0.25, 0.3) is 0 Å². The number of Topliss-reactive ketones (excluding diaryl/α,β-unsaturated/α-hetero) is 1. The number of carbonyl (C=O) groups excluding carboxylic acids is 2. The Morgan fingerprint density at radius 3 is 2.45 bits per heavy atom. The fourth-order valence-corrected chi connectivity index (χ4v) is 6.67. The monoisotopic (exact) mass is 544 g/mol. The molecule has 0 bridgehead atoms.